The highest BCUT2D eigenvalue weighted by atomic mass is 16.2. The second kappa shape index (κ2) is 6.81. The molecule has 0 heterocycles. The number of rotatable bonds is 6. The molecule has 1 atom stereocenters. The number of hydrogen-bond acceptors (Lipinski definition) is 2. The molecule has 0 radical (unpaired) electrons. The van der Waals surface area contributed by atoms with Crippen molar-refractivity contribution in [2.45, 2.75) is 52.2 Å². The number of amides is 3. The molecule has 0 aliphatic heterocycles. The molecule has 1 aromatic rings. The average molecular weight is 303 g/mol. The first-order valence-corrected chi connectivity index (χ1v) is 7.85. The molecule has 0 aromatic heterocycles. The van der Waals surface area contributed by atoms with Gasteiger partial charge in [-0.1, -0.05) is 26.0 Å². The minimum atomic E-state index is -0.550. The van der Waals surface area contributed by atoms with Gasteiger partial charge in [-0.15, -0.1) is 0 Å². The number of benzene rings is 1. The molecule has 3 amide bonds. The molecule has 120 valence electrons. The molecule has 2 rings (SSSR count). The molecule has 1 saturated carbocycles. The zero-order valence-corrected chi connectivity index (χ0v) is 13.5. The molecule has 0 bridgehead atoms. The van der Waals surface area contributed by atoms with Crippen LogP contribution in [0.15, 0.2) is 24.3 Å². The summed E-state index contributed by atoms with van der Waals surface area (Å²) >= 11 is 0. The van der Waals surface area contributed by atoms with Crippen molar-refractivity contribution in [2.24, 2.45) is 11.7 Å². The van der Waals surface area contributed by atoms with Crippen LogP contribution in [0.3, 0.4) is 0 Å². The zero-order chi connectivity index (χ0) is 16.3. The van der Waals surface area contributed by atoms with Crippen LogP contribution in [0.5, 0.6) is 0 Å². The van der Waals surface area contributed by atoms with Gasteiger partial charge in [-0.2, -0.15) is 0 Å². The number of primary amides is 1. The summed E-state index contributed by atoms with van der Waals surface area (Å²) in [5, 5.41) is 2.54. The highest BCUT2D eigenvalue weighted by molar-refractivity contribution is 5.94. The van der Waals surface area contributed by atoms with Gasteiger partial charge in [0.2, 0.25) is 0 Å². The number of hydrogen-bond donors (Lipinski definition) is 2. The maximum atomic E-state index is 12.8. The third-order valence-corrected chi connectivity index (χ3v) is 4.25. The Kier molecular flexibility index (Phi) is 5.06. The largest absolute Gasteiger partial charge is 0.352 e. The lowest BCUT2D eigenvalue weighted by Gasteiger charge is -2.32. The van der Waals surface area contributed by atoms with Gasteiger partial charge in [0.05, 0.1) is 0 Å². The highest BCUT2D eigenvalue weighted by Crippen LogP contribution is 2.32. The monoisotopic (exact) mass is 303 g/mol. The second-order valence-corrected chi connectivity index (χ2v) is 6.34. The zero-order valence-electron chi connectivity index (χ0n) is 13.5. The summed E-state index contributed by atoms with van der Waals surface area (Å²) < 4.78 is 0. The molecule has 5 nitrogen and oxygen atoms in total. The smallest absolute Gasteiger partial charge is 0.312 e. The van der Waals surface area contributed by atoms with E-state index in [4.69, 9.17) is 5.73 Å². The lowest BCUT2D eigenvalue weighted by Crippen LogP contribution is -2.43. The summed E-state index contributed by atoms with van der Waals surface area (Å²) in [6, 6.07) is 7.43. The predicted octanol–water partition coefficient (Wildman–Crippen LogP) is 2.50. The van der Waals surface area contributed by atoms with E-state index in [1.807, 2.05) is 29.2 Å². The van der Waals surface area contributed by atoms with Gasteiger partial charge in [0, 0.05) is 24.2 Å². The molecular formula is C17H25N3O2. The van der Waals surface area contributed by atoms with E-state index in [9.17, 15) is 9.59 Å². The Labute approximate surface area is 131 Å². The quantitative estimate of drug-likeness (QED) is 0.847. The Balaban J connectivity index is 2.08. The molecule has 22 heavy (non-hydrogen) atoms. The third-order valence-electron chi connectivity index (χ3n) is 4.25. The Morgan fingerprint density at radius 1 is 1.23 bits per heavy atom. The van der Waals surface area contributed by atoms with Gasteiger partial charge in [-0.3, -0.25) is 4.79 Å². The minimum Gasteiger partial charge on any atom is -0.352 e. The van der Waals surface area contributed by atoms with E-state index in [1.54, 1.807) is 0 Å². The van der Waals surface area contributed by atoms with Crippen molar-refractivity contribution >= 4 is 11.9 Å². The Bertz CT molecular complexity index is 535. The molecule has 1 aliphatic rings. The summed E-state index contributed by atoms with van der Waals surface area (Å²) in [5.74, 6) is 0.529. The molecule has 1 aliphatic carbocycles. The van der Waals surface area contributed by atoms with Gasteiger partial charge >= 0.3 is 6.03 Å². The molecule has 0 saturated heterocycles. The van der Waals surface area contributed by atoms with Crippen molar-refractivity contribution in [1.29, 1.82) is 0 Å². The van der Waals surface area contributed by atoms with Crippen molar-refractivity contribution in [1.82, 2.24) is 10.2 Å². The van der Waals surface area contributed by atoms with Gasteiger partial charge < -0.3 is 16.0 Å². The predicted molar refractivity (Wildman–Crippen MR) is 86.4 cm³/mol. The molecule has 3 N–H and O–H groups in total. The van der Waals surface area contributed by atoms with Crippen molar-refractivity contribution < 1.29 is 9.59 Å². The number of nitrogens with zero attached hydrogens (tertiary/aromatic N) is 1. The van der Waals surface area contributed by atoms with Crippen molar-refractivity contribution in [3.8, 4) is 0 Å². The maximum absolute atomic E-state index is 12.8. The fraction of sp³-hybridized carbons (Fsp3) is 0.529. The summed E-state index contributed by atoms with van der Waals surface area (Å²) in [7, 11) is 0. The first-order valence-electron chi connectivity index (χ1n) is 7.85. The number of nitrogens with one attached hydrogen (secondary N) is 1. The lowest BCUT2D eigenvalue weighted by molar-refractivity contribution is 0.0628. The number of urea groups is 1. The average Bonchev–Trinajstić information content (AvgIpc) is 3.30. The standard InChI is InChI=1S/C17H25N3O2/c1-11(2)12(3)20(15-8-9-15)16(21)14-6-4-13(5-7-14)10-19-17(18)22/h4-7,11-12,15H,8-10H2,1-3H3,(H3,18,19,22). The van der Waals surface area contributed by atoms with Gasteiger partial charge in [-0.25, -0.2) is 4.79 Å². The van der Waals surface area contributed by atoms with Crippen LogP contribution in [0.2, 0.25) is 0 Å². The van der Waals surface area contributed by atoms with Crippen molar-refractivity contribution in [3.63, 3.8) is 0 Å². The van der Waals surface area contributed by atoms with E-state index >= 15 is 0 Å². The molecule has 1 aromatic carbocycles. The SMILES string of the molecule is CC(C)C(C)N(C(=O)c1ccc(CNC(N)=O)cc1)C1CC1. The second-order valence-electron chi connectivity index (χ2n) is 6.34. The lowest BCUT2D eigenvalue weighted by atomic mass is 10.0. The fourth-order valence-corrected chi connectivity index (χ4v) is 2.46. The van der Waals surface area contributed by atoms with Crippen LogP contribution >= 0.6 is 0 Å². The van der Waals surface area contributed by atoms with E-state index in [0.717, 1.165) is 18.4 Å². The van der Waals surface area contributed by atoms with Crippen molar-refractivity contribution in [3.05, 3.63) is 35.4 Å². The highest BCUT2D eigenvalue weighted by Gasteiger charge is 2.36. The van der Waals surface area contributed by atoms with E-state index in [2.05, 4.69) is 26.1 Å². The first-order chi connectivity index (χ1) is 10.4. The Hall–Kier alpha value is -2.04. The van der Waals surface area contributed by atoms with Gasteiger partial charge in [0.1, 0.15) is 0 Å². The van der Waals surface area contributed by atoms with Crippen LogP contribution in [0.4, 0.5) is 4.79 Å². The normalized spacial score (nSPS) is 15.5. The molecule has 5 heteroatoms. The molecule has 0 spiro atoms. The minimum absolute atomic E-state index is 0.0955. The third kappa shape index (κ3) is 4.00. The van der Waals surface area contributed by atoms with Crippen LogP contribution in [-0.2, 0) is 6.54 Å². The maximum Gasteiger partial charge on any atom is 0.312 e. The number of nitrogens with two attached hydrogens (primary N) is 1. The van der Waals surface area contributed by atoms with Crippen LogP contribution < -0.4 is 11.1 Å². The van der Waals surface area contributed by atoms with Crippen LogP contribution in [0.1, 0.15) is 49.5 Å². The van der Waals surface area contributed by atoms with E-state index in [-0.39, 0.29) is 11.9 Å². The van der Waals surface area contributed by atoms with E-state index in [1.165, 1.54) is 0 Å². The van der Waals surface area contributed by atoms with Gasteiger partial charge in [0.25, 0.3) is 5.91 Å². The van der Waals surface area contributed by atoms with Crippen LogP contribution in [-0.4, -0.2) is 28.9 Å². The molecule has 1 fully saturated rings. The summed E-state index contributed by atoms with van der Waals surface area (Å²) in [4.78, 5) is 25.5. The molecule has 1 unspecified atom stereocenters. The van der Waals surface area contributed by atoms with Crippen LogP contribution in [0.25, 0.3) is 0 Å². The topological polar surface area (TPSA) is 75.4 Å². The van der Waals surface area contributed by atoms with E-state index in [0.29, 0.717) is 24.1 Å². The van der Waals surface area contributed by atoms with Crippen molar-refractivity contribution in [2.75, 3.05) is 0 Å². The Morgan fingerprint density at radius 3 is 2.27 bits per heavy atom. The number of carbonyl (C=O) groups excluding carboxylic acids is 2. The molecular weight excluding hydrogens is 278 g/mol. The summed E-state index contributed by atoms with van der Waals surface area (Å²) in [5.41, 5.74) is 6.67. The van der Waals surface area contributed by atoms with E-state index < -0.39 is 6.03 Å². The fourth-order valence-electron chi connectivity index (χ4n) is 2.46. The van der Waals surface area contributed by atoms with Crippen LogP contribution in [0, 0.1) is 5.92 Å². The number of carbonyl (C=O) groups is 2. The Morgan fingerprint density at radius 2 is 1.82 bits per heavy atom. The summed E-state index contributed by atoms with van der Waals surface area (Å²) in [6.07, 6.45) is 2.20. The van der Waals surface area contributed by atoms with Gasteiger partial charge in [0.15, 0.2) is 0 Å². The summed E-state index contributed by atoms with van der Waals surface area (Å²) in [6.45, 7) is 6.78. The first kappa shape index (κ1) is 16.3. The van der Waals surface area contributed by atoms with Gasteiger partial charge in [-0.05, 0) is 43.4 Å².